The van der Waals surface area contributed by atoms with Gasteiger partial charge in [-0.15, -0.1) is 0 Å². The number of ether oxygens (including phenoxy) is 1. The van der Waals surface area contributed by atoms with E-state index in [2.05, 4.69) is 23.6 Å². The van der Waals surface area contributed by atoms with Crippen molar-refractivity contribution in [1.82, 2.24) is 4.90 Å². The summed E-state index contributed by atoms with van der Waals surface area (Å²) in [5.74, 6) is 0.976. The number of hydrogen-bond donors (Lipinski definition) is 1. The van der Waals surface area contributed by atoms with Crippen molar-refractivity contribution in [3.63, 3.8) is 0 Å². The van der Waals surface area contributed by atoms with Crippen LogP contribution in [0.2, 0.25) is 0 Å². The SMILES string of the molecule is N#CC1CN(CCCCCS)CCO1. The average molecular weight is 214 g/mol. The first-order chi connectivity index (χ1) is 6.86. The van der Waals surface area contributed by atoms with Gasteiger partial charge in [0.05, 0.1) is 12.7 Å². The number of morpholine rings is 1. The van der Waals surface area contributed by atoms with Crippen LogP contribution in [0.1, 0.15) is 19.3 Å². The number of rotatable bonds is 5. The molecule has 0 saturated carbocycles. The normalized spacial score (nSPS) is 23.3. The minimum atomic E-state index is -0.214. The monoisotopic (exact) mass is 214 g/mol. The van der Waals surface area contributed by atoms with Crippen LogP contribution in [-0.2, 0) is 4.74 Å². The van der Waals surface area contributed by atoms with Crippen molar-refractivity contribution >= 4 is 12.6 Å². The molecule has 0 N–H and O–H groups in total. The van der Waals surface area contributed by atoms with E-state index < -0.39 is 0 Å². The Kier molecular flexibility index (Phi) is 6.00. The average Bonchev–Trinajstić information content (AvgIpc) is 2.25. The molecule has 1 aliphatic rings. The summed E-state index contributed by atoms with van der Waals surface area (Å²) >= 11 is 4.17. The third-order valence-electron chi connectivity index (χ3n) is 2.43. The van der Waals surface area contributed by atoms with Crippen molar-refractivity contribution in [3.05, 3.63) is 0 Å². The molecule has 1 atom stereocenters. The summed E-state index contributed by atoms with van der Waals surface area (Å²) in [7, 11) is 0. The maximum atomic E-state index is 8.71. The zero-order valence-electron chi connectivity index (χ0n) is 8.48. The minimum absolute atomic E-state index is 0.214. The van der Waals surface area contributed by atoms with E-state index in [-0.39, 0.29) is 6.10 Å². The Balaban J connectivity index is 2.09. The Morgan fingerprint density at radius 2 is 2.29 bits per heavy atom. The van der Waals surface area contributed by atoms with E-state index >= 15 is 0 Å². The fourth-order valence-corrected chi connectivity index (χ4v) is 1.83. The Bertz CT molecular complexity index is 193. The highest BCUT2D eigenvalue weighted by atomic mass is 32.1. The molecule has 1 saturated heterocycles. The van der Waals surface area contributed by atoms with Crippen molar-refractivity contribution in [2.45, 2.75) is 25.4 Å². The van der Waals surface area contributed by atoms with Crippen LogP contribution in [-0.4, -0.2) is 43.0 Å². The molecule has 0 bridgehead atoms. The molecule has 80 valence electrons. The summed E-state index contributed by atoms with van der Waals surface area (Å²) in [4.78, 5) is 2.32. The lowest BCUT2D eigenvalue weighted by Crippen LogP contribution is -2.42. The summed E-state index contributed by atoms with van der Waals surface area (Å²) in [6.07, 6.45) is 3.42. The van der Waals surface area contributed by atoms with E-state index in [4.69, 9.17) is 10.00 Å². The fraction of sp³-hybridized carbons (Fsp3) is 0.900. The topological polar surface area (TPSA) is 36.3 Å². The molecule has 1 aliphatic heterocycles. The van der Waals surface area contributed by atoms with Gasteiger partial charge in [0.2, 0.25) is 0 Å². The summed E-state index contributed by atoms with van der Waals surface area (Å²) in [6.45, 7) is 3.54. The largest absolute Gasteiger partial charge is 0.361 e. The highest BCUT2D eigenvalue weighted by Crippen LogP contribution is 2.06. The lowest BCUT2D eigenvalue weighted by atomic mass is 10.2. The molecule has 1 rings (SSSR count). The van der Waals surface area contributed by atoms with E-state index in [0.717, 1.165) is 25.4 Å². The Morgan fingerprint density at radius 1 is 1.43 bits per heavy atom. The standard InChI is InChI=1S/C10H18N2OS/c11-8-10-9-12(5-6-13-10)4-2-1-3-7-14/h10,14H,1-7,9H2. The summed E-state index contributed by atoms with van der Waals surface area (Å²) in [5, 5.41) is 8.71. The van der Waals surface area contributed by atoms with Crippen LogP contribution in [0.4, 0.5) is 0 Å². The molecule has 1 unspecified atom stereocenters. The van der Waals surface area contributed by atoms with Gasteiger partial charge in [0, 0.05) is 13.1 Å². The van der Waals surface area contributed by atoms with Crippen LogP contribution in [0.5, 0.6) is 0 Å². The van der Waals surface area contributed by atoms with Gasteiger partial charge in [-0.05, 0) is 25.1 Å². The van der Waals surface area contributed by atoms with Crippen molar-refractivity contribution in [3.8, 4) is 6.07 Å². The number of nitrogens with zero attached hydrogens (tertiary/aromatic N) is 2. The molecule has 0 aromatic heterocycles. The van der Waals surface area contributed by atoms with E-state index in [1.54, 1.807) is 0 Å². The number of unbranched alkanes of at least 4 members (excludes halogenated alkanes) is 2. The molecular formula is C10H18N2OS. The summed E-state index contributed by atoms with van der Waals surface area (Å²) < 4.78 is 5.27. The van der Waals surface area contributed by atoms with Gasteiger partial charge >= 0.3 is 0 Å². The third kappa shape index (κ3) is 4.32. The second-order valence-electron chi connectivity index (χ2n) is 3.57. The predicted molar refractivity (Wildman–Crippen MR) is 59.5 cm³/mol. The van der Waals surface area contributed by atoms with Gasteiger partial charge in [0.1, 0.15) is 0 Å². The van der Waals surface area contributed by atoms with Crippen molar-refractivity contribution in [1.29, 1.82) is 5.26 Å². The molecule has 1 heterocycles. The molecule has 0 radical (unpaired) electrons. The number of thiol groups is 1. The lowest BCUT2D eigenvalue weighted by Gasteiger charge is -2.29. The molecule has 3 nitrogen and oxygen atoms in total. The number of hydrogen-bond acceptors (Lipinski definition) is 4. The molecule has 0 aliphatic carbocycles. The first-order valence-electron chi connectivity index (χ1n) is 5.21. The maximum Gasteiger partial charge on any atom is 0.156 e. The van der Waals surface area contributed by atoms with Gasteiger partial charge in [-0.1, -0.05) is 6.42 Å². The van der Waals surface area contributed by atoms with Crippen LogP contribution >= 0.6 is 12.6 Å². The third-order valence-corrected chi connectivity index (χ3v) is 2.74. The van der Waals surface area contributed by atoms with Gasteiger partial charge in [0.25, 0.3) is 0 Å². The van der Waals surface area contributed by atoms with Crippen LogP contribution in [0.15, 0.2) is 0 Å². The lowest BCUT2D eigenvalue weighted by molar-refractivity contribution is 0.0000816. The van der Waals surface area contributed by atoms with Gasteiger partial charge in [-0.3, -0.25) is 4.90 Å². The highest BCUT2D eigenvalue weighted by Gasteiger charge is 2.18. The second-order valence-corrected chi connectivity index (χ2v) is 4.02. The molecule has 0 aromatic rings. The highest BCUT2D eigenvalue weighted by molar-refractivity contribution is 7.80. The van der Waals surface area contributed by atoms with Crippen molar-refractivity contribution in [2.24, 2.45) is 0 Å². The van der Waals surface area contributed by atoms with E-state index in [1.807, 2.05) is 0 Å². The van der Waals surface area contributed by atoms with E-state index in [1.165, 1.54) is 19.3 Å². The van der Waals surface area contributed by atoms with Crippen LogP contribution in [0, 0.1) is 11.3 Å². The van der Waals surface area contributed by atoms with E-state index in [9.17, 15) is 0 Å². The molecule has 0 spiro atoms. The molecule has 14 heavy (non-hydrogen) atoms. The molecule has 4 heteroatoms. The number of nitriles is 1. The molecule has 0 amide bonds. The first kappa shape index (κ1) is 11.8. The van der Waals surface area contributed by atoms with Crippen molar-refractivity contribution in [2.75, 3.05) is 32.0 Å². The van der Waals surface area contributed by atoms with E-state index in [0.29, 0.717) is 6.61 Å². The Morgan fingerprint density at radius 3 is 3.00 bits per heavy atom. The van der Waals surface area contributed by atoms with Gasteiger partial charge in [-0.2, -0.15) is 17.9 Å². The second kappa shape index (κ2) is 7.10. The fourth-order valence-electron chi connectivity index (χ4n) is 1.61. The predicted octanol–water partition coefficient (Wildman–Crippen LogP) is 1.31. The zero-order valence-corrected chi connectivity index (χ0v) is 9.38. The summed E-state index contributed by atoms with van der Waals surface area (Å²) in [5.41, 5.74) is 0. The molecule has 1 fully saturated rings. The Hall–Kier alpha value is -0.240. The van der Waals surface area contributed by atoms with Crippen LogP contribution < -0.4 is 0 Å². The quantitative estimate of drug-likeness (QED) is 0.554. The molecular weight excluding hydrogens is 196 g/mol. The maximum absolute atomic E-state index is 8.71. The zero-order chi connectivity index (χ0) is 10.2. The summed E-state index contributed by atoms with van der Waals surface area (Å²) in [6, 6.07) is 2.16. The first-order valence-corrected chi connectivity index (χ1v) is 5.84. The van der Waals surface area contributed by atoms with Crippen LogP contribution in [0.3, 0.4) is 0 Å². The van der Waals surface area contributed by atoms with Crippen molar-refractivity contribution < 1.29 is 4.74 Å². The van der Waals surface area contributed by atoms with Gasteiger partial charge in [-0.25, -0.2) is 0 Å². The smallest absolute Gasteiger partial charge is 0.156 e. The van der Waals surface area contributed by atoms with Crippen LogP contribution in [0.25, 0.3) is 0 Å². The minimum Gasteiger partial charge on any atom is -0.361 e. The van der Waals surface area contributed by atoms with Gasteiger partial charge < -0.3 is 4.74 Å². The van der Waals surface area contributed by atoms with Gasteiger partial charge in [0.15, 0.2) is 6.10 Å². The Labute approximate surface area is 91.4 Å². The molecule has 0 aromatic carbocycles.